The Kier molecular flexibility index (Phi) is 4.60. The number of nitrogens with zero attached hydrogens (tertiary/aromatic N) is 1. The first-order valence-electron chi connectivity index (χ1n) is 7.63. The zero-order chi connectivity index (χ0) is 16.2. The number of amides is 1. The van der Waals surface area contributed by atoms with Crippen LogP contribution < -0.4 is 10.5 Å². The number of carbonyl (C=O) groups excluding carboxylic acids is 1. The Balaban J connectivity index is 1.75. The number of hydrogen-bond acceptors (Lipinski definition) is 4. The molecule has 3 atom stereocenters. The van der Waals surface area contributed by atoms with Crippen molar-refractivity contribution in [1.29, 1.82) is 0 Å². The molecule has 1 fully saturated rings. The van der Waals surface area contributed by atoms with Gasteiger partial charge in [-0.1, -0.05) is 48.5 Å². The first kappa shape index (κ1) is 15.5. The van der Waals surface area contributed by atoms with Gasteiger partial charge in [0.25, 0.3) is 5.91 Å². The average molecular weight is 312 g/mol. The maximum absolute atomic E-state index is 12.5. The predicted octanol–water partition coefficient (Wildman–Crippen LogP) is 1.16. The standard InChI is InChI=1S/C18H20N2O3/c19-15(12-21)16-17(23-14-9-5-2-6-10-14)18(22)20(16)11-13-7-3-1-4-8-13/h1-10,15-17,21H,11-12,19H2/t15-,16-,17+/m0/s1. The number of rotatable bonds is 6. The Morgan fingerprint density at radius 3 is 2.30 bits per heavy atom. The molecule has 1 heterocycles. The van der Waals surface area contributed by atoms with Gasteiger partial charge < -0.3 is 20.5 Å². The van der Waals surface area contributed by atoms with E-state index in [1.54, 1.807) is 17.0 Å². The van der Waals surface area contributed by atoms with Crippen molar-refractivity contribution in [2.75, 3.05) is 6.61 Å². The highest BCUT2D eigenvalue weighted by molar-refractivity contribution is 5.89. The SMILES string of the molecule is N[C@@H](CO)[C@H]1[C@@H](Oc2ccccc2)C(=O)N1Cc1ccccc1. The summed E-state index contributed by atoms with van der Waals surface area (Å²) in [6, 6.07) is 18.0. The van der Waals surface area contributed by atoms with E-state index in [4.69, 9.17) is 10.5 Å². The van der Waals surface area contributed by atoms with Gasteiger partial charge in [0.1, 0.15) is 5.75 Å². The summed E-state index contributed by atoms with van der Waals surface area (Å²) in [6.45, 7) is 0.268. The topological polar surface area (TPSA) is 75.8 Å². The fraction of sp³-hybridized carbons (Fsp3) is 0.278. The normalized spacial score (nSPS) is 21.7. The molecule has 3 rings (SSSR count). The lowest BCUT2D eigenvalue weighted by atomic mass is 9.90. The van der Waals surface area contributed by atoms with Crippen LogP contribution in [0.2, 0.25) is 0 Å². The highest BCUT2D eigenvalue weighted by Gasteiger charge is 2.51. The van der Waals surface area contributed by atoms with Gasteiger partial charge in [0.2, 0.25) is 0 Å². The maximum atomic E-state index is 12.5. The quantitative estimate of drug-likeness (QED) is 0.785. The number of aliphatic hydroxyl groups is 1. The number of para-hydroxylation sites is 1. The summed E-state index contributed by atoms with van der Waals surface area (Å²) in [5.74, 6) is 0.520. The molecule has 1 saturated heterocycles. The molecular weight excluding hydrogens is 292 g/mol. The van der Waals surface area contributed by atoms with Crippen molar-refractivity contribution in [3.8, 4) is 5.75 Å². The largest absolute Gasteiger partial charge is 0.478 e. The van der Waals surface area contributed by atoms with E-state index in [1.807, 2.05) is 48.5 Å². The summed E-state index contributed by atoms with van der Waals surface area (Å²) in [5, 5.41) is 9.41. The lowest BCUT2D eigenvalue weighted by Gasteiger charge is -2.48. The summed E-state index contributed by atoms with van der Waals surface area (Å²) >= 11 is 0. The van der Waals surface area contributed by atoms with Gasteiger partial charge in [0.05, 0.1) is 18.7 Å². The first-order valence-corrected chi connectivity index (χ1v) is 7.63. The van der Waals surface area contributed by atoms with Crippen LogP contribution in [0.25, 0.3) is 0 Å². The number of β-lactam (4-membered cyclic amide) rings is 1. The van der Waals surface area contributed by atoms with Crippen LogP contribution in [0.3, 0.4) is 0 Å². The summed E-state index contributed by atoms with van der Waals surface area (Å²) in [4.78, 5) is 14.1. The lowest BCUT2D eigenvalue weighted by molar-refractivity contribution is -0.167. The smallest absolute Gasteiger partial charge is 0.266 e. The summed E-state index contributed by atoms with van der Waals surface area (Å²) in [5.41, 5.74) is 7.03. The van der Waals surface area contributed by atoms with Crippen LogP contribution in [0, 0.1) is 0 Å². The molecule has 5 nitrogen and oxygen atoms in total. The van der Waals surface area contributed by atoms with E-state index in [-0.39, 0.29) is 18.6 Å². The Labute approximate surface area is 135 Å². The second-order valence-corrected chi connectivity index (χ2v) is 5.64. The van der Waals surface area contributed by atoms with Gasteiger partial charge >= 0.3 is 0 Å². The molecule has 120 valence electrons. The molecule has 0 aromatic heterocycles. The van der Waals surface area contributed by atoms with E-state index in [1.165, 1.54) is 0 Å². The number of aliphatic hydroxyl groups excluding tert-OH is 1. The molecule has 0 saturated carbocycles. The van der Waals surface area contributed by atoms with Crippen LogP contribution >= 0.6 is 0 Å². The molecule has 0 bridgehead atoms. The van der Waals surface area contributed by atoms with Crippen molar-refractivity contribution < 1.29 is 14.6 Å². The van der Waals surface area contributed by atoms with Crippen LogP contribution in [-0.4, -0.2) is 40.7 Å². The van der Waals surface area contributed by atoms with Gasteiger partial charge in [-0.15, -0.1) is 0 Å². The fourth-order valence-electron chi connectivity index (χ4n) is 2.83. The van der Waals surface area contributed by atoms with E-state index in [0.29, 0.717) is 12.3 Å². The number of benzene rings is 2. The van der Waals surface area contributed by atoms with Crippen LogP contribution in [0.15, 0.2) is 60.7 Å². The minimum Gasteiger partial charge on any atom is -0.478 e. The molecule has 1 aliphatic rings. The molecule has 23 heavy (non-hydrogen) atoms. The van der Waals surface area contributed by atoms with Crippen molar-refractivity contribution in [2.24, 2.45) is 5.73 Å². The zero-order valence-corrected chi connectivity index (χ0v) is 12.7. The van der Waals surface area contributed by atoms with E-state index in [9.17, 15) is 9.90 Å². The third kappa shape index (κ3) is 3.21. The number of ether oxygens (including phenoxy) is 1. The summed E-state index contributed by atoms with van der Waals surface area (Å²) in [7, 11) is 0. The van der Waals surface area contributed by atoms with Gasteiger partial charge in [0.15, 0.2) is 6.10 Å². The third-order valence-electron chi connectivity index (χ3n) is 4.05. The van der Waals surface area contributed by atoms with Gasteiger partial charge in [-0.05, 0) is 17.7 Å². The molecule has 0 aliphatic carbocycles. The highest BCUT2D eigenvalue weighted by Crippen LogP contribution is 2.29. The third-order valence-corrected chi connectivity index (χ3v) is 4.05. The molecule has 0 radical (unpaired) electrons. The van der Waals surface area contributed by atoms with Crippen molar-refractivity contribution in [2.45, 2.75) is 24.7 Å². The number of hydrogen-bond donors (Lipinski definition) is 2. The van der Waals surface area contributed by atoms with Crippen molar-refractivity contribution in [3.63, 3.8) is 0 Å². The molecule has 2 aromatic rings. The molecule has 3 N–H and O–H groups in total. The fourth-order valence-corrected chi connectivity index (χ4v) is 2.83. The van der Waals surface area contributed by atoms with Crippen molar-refractivity contribution in [3.05, 3.63) is 66.2 Å². The van der Waals surface area contributed by atoms with Crippen LogP contribution in [0.5, 0.6) is 5.75 Å². The number of carbonyl (C=O) groups is 1. The molecule has 1 aliphatic heterocycles. The van der Waals surface area contributed by atoms with Gasteiger partial charge in [-0.3, -0.25) is 4.79 Å². The Hall–Kier alpha value is -2.37. The molecule has 5 heteroatoms. The number of likely N-dealkylation sites (tertiary alicyclic amines) is 1. The Morgan fingerprint density at radius 1 is 1.09 bits per heavy atom. The Bertz CT molecular complexity index is 596. The highest BCUT2D eigenvalue weighted by atomic mass is 16.5. The minimum atomic E-state index is -0.650. The van der Waals surface area contributed by atoms with Gasteiger partial charge in [-0.2, -0.15) is 0 Å². The second kappa shape index (κ2) is 6.81. The lowest BCUT2D eigenvalue weighted by Crippen LogP contribution is -2.72. The second-order valence-electron chi connectivity index (χ2n) is 5.64. The predicted molar refractivity (Wildman–Crippen MR) is 86.7 cm³/mol. The van der Waals surface area contributed by atoms with Crippen molar-refractivity contribution >= 4 is 5.91 Å². The van der Waals surface area contributed by atoms with E-state index >= 15 is 0 Å². The van der Waals surface area contributed by atoms with Gasteiger partial charge in [-0.25, -0.2) is 0 Å². The maximum Gasteiger partial charge on any atom is 0.266 e. The number of nitrogens with two attached hydrogens (primary N) is 1. The molecule has 0 spiro atoms. The molecule has 2 aromatic carbocycles. The average Bonchev–Trinajstić information content (AvgIpc) is 2.61. The van der Waals surface area contributed by atoms with E-state index < -0.39 is 12.1 Å². The summed E-state index contributed by atoms with van der Waals surface area (Å²) in [6.07, 6.45) is -0.650. The zero-order valence-electron chi connectivity index (χ0n) is 12.7. The van der Waals surface area contributed by atoms with Crippen LogP contribution in [0.1, 0.15) is 5.56 Å². The van der Waals surface area contributed by atoms with Crippen LogP contribution in [0.4, 0.5) is 0 Å². The van der Waals surface area contributed by atoms with Crippen LogP contribution in [-0.2, 0) is 11.3 Å². The summed E-state index contributed by atoms with van der Waals surface area (Å²) < 4.78 is 5.78. The molecular formula is C18H20N2O3. The minimum absolute atomic E-state index is 0.105. The monoisotopic (exact) mass is 312 g/mol. The molecule has 1 amide bonds. The Morgan fingerprint density at radius 2 is 1.70 bits per heavy atom. The van der Waals surface area contributed by atoms with Crippen molar-refractivity contribution in [1.82, 2.24) is 4.90 Å². The van der Waals surface area contributed by atoms with E-state index in [0.717, 1.165) is 5.56 Å². The molecule has 0 unspecified atom stereocenters. The first-order chi connectivity index (χ1) is 11.2. The van der Waals surface area contributed by atoms with E-state index in [2.05, 4.69) is 0 Å². The van der Waals surface area contributed by atoms with Gasteiger partial charge in [0, 0.05) is 6.54 Å².